The molecule has 0 aromatic heterocycles. The highest BCUT2D eigenvalue weighted by molar-refractivity contribution is 14.1. The van der Waals surface area contributed by atoms with Gasteiger partial charge >= 0.3 is 0 Å². The molecule has 1 aromatic rings. The van der Waals surface area contributed by atoms with Gasteiger partial charge in [-0.3, -0.25) is 0 Å². The molecule has 1 aromatic carbocycles. The number of para-hydroxylation sites is 1. The molecule has 1 unspecified atom stereocenters. The Kier molecular flexibility index (Phi) is 2.26. The second-order valence-corrected chi connectivity index (χ2v) is 4.44. The zero-order chi connectivity index (χ0) is 8.55. The van der Waals surface area contributed by atoms with E-state index in [0.717, 1.165) is 6.04 Å². The van der Waals surface area contributed by atoms with E-state index in [9.17, 15) is 0 Å². The molecule has 1 aliphatic heterocycles. The zero-order valence-corrected chi connectivity index (χ0v) is 9.28. The van der Waals surface area contributed by atoms with Crippen LogP contribution in [0.25, 0.3) is 0 Å². The van der Waals surface area contributed by atoms with Crippen molar-refractivity contribution in [1.82, 2.24) is 0 Å². The fourth-order valence-electron chi connectivity index (χ4n) is 1.56. The molecule has 0 radical (unpaired) electrons. The number of hydrogen-bond donors (Lipinski definition) is 0. The Labute approximate surface area is 86.9 Å². The minimum Gasteiger partial charge on any atom is -0.368 e. The Bertz CT molecular complexity index is 285. The highest BCUT2D eigenvalue weighted by atomic mass is 127. The molecule has 1 atom stereocenters. The first-order chi connectivity index (χ1) is 5.79. The summed E-state index contributed by atoms with van der Waals surface area (Å²) >= 11 is 2.40. The van der Waals surface area contributed by atoms with Crippen molar-refractivity contribution in [2.45, 2.75) is 19.4 Å². The van der Waals surface area contributed by atoms with Crippen molar-refractivity contribution in [3.05, 3.63) is 27.8 Å². The average Bonchev–Trinajstić information content (AvgIpc) is 2.06. The van der Waals surface area contributed by atoms with Gasteiger partial charge in [-0.25, -0.2) is 0 Å². The number of benzene rings is 1. The number of rotatable bonds is 1. The number of halogens is 1. The Balaban J connectivity index is 2.27. The van der Waals surface area contributed by atoms with Crippen molar-refractivity contribution < 1.29 is 0 Å². The maximum absolute atomic E-state index is 2.46. The third kappa shape index (κ3) is 1.32. The number of anilines is 1. The molecule has 0 spiro atoms. The van der Waals surface area contributed by atoms with E-state index in [1.54, 1.807) is 0 Å². The largest absolute Gasteiger partial charge is 0.368 e. The van der Waals surface area contributed by atoms with Gasteiger partial charge in [0.05, 0.1) is 5.69 Å². The predicted molar refractivity (Wildman–Crippen MR) is 60.6 cm³/mol. The van der Waals surface area contributed by atoms with Crippen LogP contribution in [0.4, 0.5) is 5.69 Å². The molecule has 2 heteroatoms. The number of nitrogens with zero attached hydrogens (tertiary/aromatic N) is 1. The average molecular weight is 273 g/mol. The summed E-state index contributed by atoms with van der Waals surface area (Å²) in [5.41, 5.74) is 1.40. The van der Waals surface area contributed by atoms with E-state index in [-0.39, 0.29) is 0 Å². The molecule has 64 valence electrons. The first-order valence-corrected chi connectivity index (χ1v) is 5.38. The Morgan fingerprint density at radius 1 is 1.42 bits per heavy atom. The highest BCUT2D eigenvalue weighted by Gasteiger charge is 2.24. The SMILES string of the molecule is CC1CCN1c1ccccc1I. The summed E-state index contributed by atoms with van der Waals surface area (Å²) in [6, 6.07) is 9.32. The van der Waals surface area contributed by atoms with Crippen molar-refractivity contribution >= 4 is 28.3 Å². The van der Waals surface area contributed by atoms with Crippen molar-refractivity contribution in [3.8, 4) is 0 Å². The summed E-state index contributed by atoms with van der Waals surface area (Å²) in [6.45, 7) is 3.51. The zero-order valence-electron chi connectivity index (χ0n) is 7.13. The molecule has 0 aliphatic carbocycles. The molecule has 0 saturated carbocycles. The first kappa shape index (κ1) is 8.35. The molecule has 1 heterocycles. The maximum atomic E-state index is 2.46. The van der Waals surface area contributed by atoms with E-state index in [0.29, 0.717) is 0 Å². The highest BCUT2D eigenvalue weighted by Crippen LogP contribution is 2.29. The van der Waals surface area contributed by atoms with E-state index in [2.05, 4.69) is 58.7 Å². The van der Waals surface area contributed by atoms with Crippen LogP contribution in [-0.4, -0.2) is 12.6 Å². The molecule has 1 nitrogen and oxygen atoms in total. The van der Waals surface area contributed by atoms with Crippen LogP contribution in [0, 0.1) is 3.57 Å². The second kappa shape index (κ2) is 3.24. The van der Waals surface area contributed by atoms with Gasteiger partial charge < -0.3 is 4.90 Å². The van der Waals surface area contributed by atoms with Gasteiger partial charge in [-0.2, -0.15) is 0 Å². The van der Waals surface area contributed by atoms with Crippen LogP contribution in [0.5, 0.6) is 0 Å². The van der Waals surface area contributed by atoms with Gasteiger partial charge in [0.2, 0.25) is 0 Å². The Morgan fingerprint density at radius 3 is 2.67 bits per heavy atom. The van der Waals surface area contributed by atoms with Gasteiger partial charge in [-0.15, -0.1) is 0 Å². The topological polar surface area (TPSA) is 3.24 Å². The van der Waals surface area contributed by atoms with Gasteiger partial charge in [-0.05, 0) is 48.1 Å². The van der Waals surface area contributed by atoms with Crippen LogP contribution in [0.1, 0.15) is 13.3 Å². The summed E-state index contributed by atoms with van der Waals surface area (Å²) in [6.07, 6.45) is 1.34. The van der Waals surface area contributed by atoms with Crippen LogP contribution in [-0.2, 0) is 0 Å². The minimum atomic E-state index is 0.737. The van der Waals surface area contributed by atoms with Gasteiger partial charge in [0.25, 0.3) is 0 Å². The van der Waals surface area contributed by atoms with Crippen LogP contribution in [0.3, 0.4) is 0 Å². The quantitative estimate of drug-likeness (QED) is 0.711. The van der Waals surface area contributed by atoms with E-state index in [4.69, 9.17) is 0 Å². The molecule has 12 heavy (non-hydrogen) atoms. The standard InChI is InChI=1S/C10H12IN/c1-8-6-7-12(8)10-5-3-2-4-9(10)11/h2-5,8H,6-7H2,1H3. The normalized spacial score (nSPS) is 22.2. The van der Waals surface area contributed by atoms with E-state index >= 15 is 0 Å². The van der Waals surface area contributed by atoms with Crippen molar-refractivity contribution in [2.75, 3.05) is 11.4 Å². The van der Waals surface area contributed by atoms with E-state index in [1.165, 1.54) is 22.2 Å². The van der Waals surface area contributed by atoms with E-state index < -0.39 is 0 Å². The fourth-order valence-corrected chi connectivity index (χ4v) is 2.26. The van der Waals surface area contributed by atoms with Crippen molar-refractivity contribution in [1.29, 1.82) is 0 Å². The molecule has 0 N–H and O–H groups in total. The summed E-state index contributed by atoms with van der Waals surface area (Å²) in [5, 5.41) is 0. The lowest BCUT2D eigenvalue weighted by Gasteiger charge is -2.41. The lowest BCUT2D eigenvalue weighted by Crippen LogP contribution is -2.46. The number of hydrogen-bond acceptors (Lipinski definition) is 1. The molecular weight excluding hydrogens is 261 g/mol. The third-order valence-corrected chi connectivity index (χ3v) is 3.39. The Hall–Kier alpha value is -0.250. The molecule has 2 rings (SSSR count). The van der Waals surface area contributed by atoms with Crippen LogP contribution >= 0.6 is 22.6 Å². The second-order valence-electron chi connectivity index (χ2n) is 3.28. The van der Waals surface area contributed by atoms with Gasteiger partial charge in [0.1, 0.15) is 0 Å². The van der Waals surface area contributed by atoms with Crippen molar-refractivity contribution in [2.24, 2.45) is 0 Å². The summed E-state index contributed by atoms with van der Waals surface area (Å²) in [7, 11) is 0. The molecule has 1 saturated heterocycles. The minimum absolute atomic E-state index is 0.737. The molecule has 1 fully saturated rings. The first-order valence-electron chi connectivity index (χ1n) is 4.30. The van der Waals surface area contributed by atoms with Crippen molar-refractivity contribution in [3.63, 3.8) is 0 Å². The van der Waals surface area contributed by atoms with Gasteiger partial charge in [-0.1, -0.05) is 12.1 Å². The summed E-state index contributed by atoms with van der Waals surface area (Å²) in [4.78, 5) is 2.46. The lowest BCUT2D eigenvalue weighted by atomic mass is 10.0. The molecule has 1 aliphatic rings. The Morgan fingerprint density at radius 2 is 2.17 bits per heavy atom. The van der Waals surface area contributed by atoms with Crippen LogP contribution in [0.2, 0.25) is 0 Å². The smallest absolute Gasteiger partial charge is 0.0504 e. The maximum Gasteiger partial charge on any atom is 0.0504 e. The molecular formula is C10H12IN. The molecule has 0 amide bonds. The van der Waals surface area contributed by atoms with E-state index in [1.807, 2.05) is 0 Å². The third-order valence-electron chi connectivity index (χ3n) is 2.48. The fraction of sp³-hybridized carbons (Fsp3) is 0.400. The molecule has 0 bridgehead atoms. The summed E-state index contributed by atoms with van der Waals surface area (Å²) < 4.78 is 1.36. The van der Waals surface area contributed by atoms with Crippen LogP contribution < -0.4 is 4.90 Å². The monoisotopic (exact) mass is 273 g/mol. The lowest BCUT2D eigenvalue weighted by molar-refractivity contribution is 0.480. The van der Waals surface area contributed by atoms with Gasteiger partial charge in [0.15, 0.2) is 0 Å². The summed E-state index contributed by atoms with van der Waals surface area (Å²) in [5.74, 6) is 0. The predicted octanol–water partition coefficient (Wildman–Crippen LogP) is 2.89. The van der Waals surface area contributed by atoms with Crippen LogP contribution in [0.15, 0.2) is 24.3 Å². The van der Waals surface area contributed by atoms with Gasteiger partial charge in [0, 0.05) is 16.2 Å².